The molecule has 0 saturated heterocycles. The summed E-state index contributed by atoms with van der Waals surface area (Å²) in [6.07, 6.45) is 3.12. The van der Waals surface area contributed by atoms with Crippen LogP contribution in [0.4, 0.5) is 14.9 Å². The van der Waals surface area contributed by atoms with E-state index in [0.717, 1.165) is 12.8 Å². The highest BCUT2D eigenvalue weighted by molar-refractivity contribution is 5.90. The zero-order valence-electron chi connectivity index (χ0n) is 13.4. The van der Waals surface area contributed by atoms with E-state index in [2.05, 4.69) is 15.6 Å². The Morgan fingerprint density at radius 3 is 2.75 bits per heavy atom. The Morgan fingerprint density at radius 1 is 1.21 bits per heavy atom. The number of carbonyl (C=O) groups is 1. The van der Waals surface area contributed by atoms with E-state index < -0.39 is 0 Å². The second-order valence-corrected chi connectivity index (χ2v) is 4.95. The number of benzene rings is 1. The summed E-state index contributed by atoms with van der Waals surface area (Å²) < 4.78 is 23.3. The Balaban J connectivity index is 1.60. The molecule has 2 aromatic rings. The van der Waals surface area contributed by atoms with Gasteiger partial charge in [-0.25, -0.2) is 14.2 Å². The zero-order chi connectivity index (χ0) is 17.2. The van der Waals surface area contributed by atoms with E-state index in [1.54, 1.807) is 30.5 Å². The average Bonchev–Trinajstić information content (AvgIpc) is 2.60. The second kappa shape index (κ2) is 9.34. The lowest BCUT2D eigenvalue weighted by Crippen LogP contribution is -2.29. The van der Waals surface area contributed by atoms with Crippen molar-refractivity contribution in [1.82, 2.24) is 10.3 Å². The second-order valence-electron chi connectivity index (χ2n) is 4.95. The average molecular weight is 333 g/mol. The van der Waals surface area contributed by atoms with E-state index in [9.17, 15) is 9.18 Å². The Morgan fingerprint density at radius 2 is 2.00 bits per heavy atom. The lowest BCUT2D eigenvalue weighted by Gasteiger charge is -2.10. The number of amides is 2. The first-order valence-corrected chi connectivity index (χ1v) is 7.61. The molecule has 1 heterocycles. The van der Waals surface area contributed by atoms with Crippen molar-refractivity contribution in [2.24, 2.45) is 0 Å². The van der Waals surface area contributed by atoms with Gasteiger partial charge in [0.2, 0.25) is 5.88 Å². The van der Waals surface area contributed by atoms with Crippen LogP contribution in [0.5, 0.6) is 11.6 Å². The van der Waals surface area contributed by atoms with Gasteiger partial charge in [-0.3, -0.25) is 0 Å². The third kappa shape index (κ3) is 5.75. The molecule has 0 atom stereocenters. The van der Waals surface area contributed by atoms with Gasteiger partial charge in [0, 0.05) is 12.7 Å². The number of carbonyl (C=O) groups excluding carboxylic acids is 1. The van der Waals surface area contributed by atoms with Crippen LogP contribution in [0.3, 0.4) is 0 Å². The summed E-state index contributed by atoms with van der Waals surface area (Å²) in [5, 5.41) is 5.43. The minimum absolute atomic E-state index is 0.289. The molecule has 7 heteroatoms. The molecule has 128 valence electrons. The fraction of sp³-hybridized carbons (Fsp3) is 0.294. The molecule has 0 aliphatic heterocycles. The molecule has 1 aromatic heterocycles. The molecule has 2 N–H and O–H groups in total. The Kier molecular flexibility index (Phi) is 6.82. The number of anilines is 1. The number of nitrogens with zero attached hydrogens (tertiary/aromatic N) is 1. The zero-order valence-corrected chi connectivity index (χ0v) is 13.4. The van der Waals surface area contributed by atoms with E-state index in [1.165, 1.54) is 19.2 Å². The van der Waals surface area contributed by atoms with Gasteiger partial charge in [-0.05, 0) is 49.2 Å². The summed E-state index contributed by atoms with van der Waals surface area (Å²) >= 11 is 0. The van der Waals surface area contributed by atoms with Gasteiger partial charge in [0.15, 0.2) is 0 Å². The normalized spacial score (nSPS) is 10.1. The standard InChI is InChI=1S/C17H20FN3O3/c1-23-16-15(5-4-11-19-16)21-17(22)20-10-2-3-12-24-14-8-6-13(18)7-9-14/h4-9,11H,2-3,10,12H2,1H3,(H2,20,21,22). The van der Waals surface area contributed by atoms with Crippen LogP contribution in [0, 0.1) is 5.82 Å². The number of ether oxygens (including phenoxy) is 2. The van der Waals surface area contributed by atoms with Gasteiger partial charge >= 0.3 is 6.03 Å². The molecule has 2 rings (SSSR count). The number of hydrogen-bond donors (Lipinski definition) is 2. The number of halogens is 1. The number of aromatic nitrogens is 1. The highest BCUT2D eigenvalue weighted by atomic mass is 19.1. The molecular weight excluding hydrogens is 313 g/mol. The number of nitrogens with one attached hydrogen (secondary N) is 2. The molecule has 0 unspecified atom stereocenters. The first-order chi connectivity index (χ1) is 11.7. The topological polar surface area (TPSA) is 72.5 Å². The first-order valence-electron chi connectivity index (χ1n) is 7.61. The van der Waals surface area contributed by atoms with Gasteiger partial charge in [-0.1, -0.05) is 0 Å². The van der Waals surface area contributed by atoms with Gasteiger partial charge in [0.25, 0.3) is 0 Å². The van der Waals surface area contributed by atoms with E-state index in [1.807, 2.05) is 0 Å². The van der Waals surface area contributed by atoms with Crippen LogP contribution < -0.4 is 20.1 Å². The predicted molar refractivity (Wildman–Crippen MR) is 88.9 cm³/mol. The number of pyridine rings is 1. The number of methoxy groups -OCH3 is 1. The van der Waals surface area contributed by atoms with E-state index in [0.29, 0.717) is 30.5 Å². The van der Waals surface area contributed by atoms with Crippen LogP contribution >= 0.6 is 0 Å². The summed E-state index contributed by atoms with van der Waals surface area (Å²) in [6, 6.07) is 8.99. The minimum Gasteiger partial charge on any atom is -0.494 e. The third-order valence-electron chi connectivity index (χ3n) is 3.15. The molecule has 0 saturated carbocycles. The van der Waals surface area contributed by atoms with Crippen LogP contribution in [0.25, 0.3) is 0 Å². The van der Waals surface area contributed by atoms with E-state index in [-0.39, 0.29) is 11.8 Å². The van der Waals surface area contributed by atoms with Gasteiger partial charge < -0.3 is 20.1 Å². The molecule has 0 aliphatic rings. The van der Waals surface area contributed by atoms with Crippen molar-refractivity contribution in [3.8, 4) is 11.6 Å². The molecule has 2 amide bonds. The van der Waals surface area contributed by atoms with Gasteiger partial charge in [0.05, 0.1) is 13.7 Å². The van der Waals surface area contributed by atoms with Crippen LogP contribution in [0.2, 0.25) is 0 Å². The molecule has 1 aromatic carbocycles. The van der Waals surface area contributed by atoms with Crippen molar-refractivity contribution in [1.29, 1.82) is 0 Å². The number of rotatable bonds is 8. The van der Waals surface area contributed by atoms with Crippen LogP contribution in [-0.2, 0) is 0 Å². The maximum absolute atomic E-state index is 12.7. The minimum atomic E-state index is -0.319. The summed E-state index contributed by atoms with van der Waals surface area (Å²) in [5.41, 5.74) is 0.511. The summed E-state index contributed by atoms with van der Waals surface area (Å²) in [7, 11) is 1.49. The van der Waals surface area contributed by atoms with Crippen molar-refractivity contribution in [2.45, 2.75) is 12.8 Å². The molecule has 0 spiro atoms. The van der Waals surface area contributed by atoms with Crippen LogP contribution in [0.1, 0.15) is 12.8 Å². The molecular formula is C17H20FN3O3. The lowest BCUT2D eigenvalue weighted by molar-refractivity contribution is 0.251. The third-order valence-corrected chi connectivity index (χ3v) is 3.15. The largest absolute Gasteiger partial charge is 0.494 e. The fourth-order valence-electron chi connectivity index (χ4n) is 1.96. The Hall–Kier alpha value is -2.83. The van der Waals surface area contributed by atoms with Crippen molar-refractivity contribution in [3.63, 3.8) is 0 Å². The quantitative estimate of drug-likeness (QED) is 0.728. The highest BCUT2D eigenvalue weighted by Crippen LogP contribution is 2.19. The lowest BCUT2D eigenvalue weighted by atomic mass is 10.3. The Bertz CT molecular complexity index is 650. The maximum atomic E-state index is 12.7. The van der Waals surface area contributed by atoms with Gasteiger partial charge in [-0.15, -0.1) is 0 Å². The van der Waals surface area contributed by atoms with Gasteiger partial charge in [-0.2, -0.15) is 0 Å². The van der Waals surface area contributed by atoms with E-state index >= 15 is 0 Å². The van der Waals surface area contributed by atoms with Crippen molar-refractivity contribution >= 4 is 11.7 Å². The van der Waals surface area contributed by atoms with Crippen LogP contribution in [0.15, 0.2) is 42.6 Å². The van der Waals surface area contributed by atoms with Crippen LogP contribution in [-0.4, -0.2) is 31.3 Å². The first kappa shape index (κ1) is 17.5. The SMILES string of the molecule is COc1ncccc1NC(=O)NCCCCOc1ccc(F)cc1. The molecule has 24 heavy (non-hydrogen) atoms. The van der Waals surface area contributed by atoms with Gasteiger partial charge in [0.1, 0.15) is 17.3 Å². The highest BCUT2D eigenvalue weighted by Gasteiger charge is 2.06. The molecule has 6 nitrogen and oxygen atoms in total. The van der Waals surface area contributed by atoms with Crippen molar-refractivity contribution in [2.75, 3.05) is 25.6 Å². The van der Waals surface area contributed by atoms with Crippen molar-refractivity contribution < 1.29 is 18.7 Å². The number of hydrogen-bond acceptors (Lipinski definition) is 4. The summed E-state index contributed by atoms with van der Waals surface area (Å²) in [4.78, 5) is 15.8. The maximum Gasteiger partial charge on any atom is 0.319 e. The number of unbranched alkanes of at least 4 members (excludes halogenated alkanes) is 1. The molecule has 0 aliphatic carbocycles. The molecule has 0 radical (unpaired) electrons. The summed E-state index contributed by atoms with van der Waals surface area (Å²) in [6.45, 7) is 1.02. The predicted octanol–water partition coefficient (Wildman–Crippen LogP) is 3.21. The number of urea groups is 1. The summed E-state index contributed by atoms with van der Waals surface area (Å²) in [5.74, 6) is 0.703. The fourth-order valence-corrected chi connectivity index (χ4v) is 1.96. The van der Waals surface area contributed by atoms with E-state index in [4.69, 9.17) is 9.47 Å². The van der Waals surface area contributed by atoms with Crippen molar-refractivity contribution in [3.05, 3.63) is 48.4 Å². The molecule has 0 bridgehead atoms. The Labute approximate surface area is 140 Å². The smallest absolute Gasteiger partial charge is 0.319 e. The molecule has 0 fully saturated rings. The monoisotopic (exact) mass is 333 g/mol.